The molecule has 2 aromatic rings. The van der Waals surface area contributed by atoms with Gasteiger partial charge in [-0.25, -0.2) is 4.98 Å². The molecule has 0 aliphatic rings. The number of carbonyl (C=O) groups excluding carboxylic acids is 1. The minimum absolute atomic E-state index is 0.218. The lowest BCUT2D eigenvalue weighted by Gasteiger charge is -2.09. The van der Waals surface area contributed by atoms with Crippen LogP contribution in [0.4, 0.5) is 0 Å². The average molecular weight is 318 g/mol. The molecule has 0 spiro atoms. The summed E-state index contributed by atoms with van der Waals surface area (Å²) in [6, 6.07) is 6.60. The van der Waals surface area contributed by atoms with E-state index in [9.17, 15) is 14.7 Å². The first-order valence-corrected chi connectivity index (χ1v) is 7.28. The molecule has 3 N–H and O–H groups in total. The van der Waals surface area contributed by atoms with Crippen molar-refractivity contribution in [3.05, 3.63) is 30.0 Å². The van der Waals surface area contributed by atoms with E-state index in [1.165, 1.54) is 6.07 Å². The molecule has 0 aliphatic heterocycles. The quantitative estimate of drug-likeness (QED) is 0.673. The van der Waals surface area contributed by atoms with E-state index in [1.54, 1.807) is 18.2 Å². The van der Waals surface area contributed by atoms with Crippen LogP contribution in [0.2, 0.25) is 0 Å². The number of nitrogens with one attached hydrogen (secondary N) is 1. The van der Waals surface area contributed by atoms with Crippen molar-refractivity contribution < 1.29 is 24.5 Å². The standard InChI is InChI=1S/C16H18N2O5/c1-2-3-6-23-11-5-4-10-7-13(19)15(18-12(10)8-11)16(22)17-9-14(20)21/h4-5,7-8,19H,2-3,6,9H2,1H3,(H,17,22)(H,20,21). The van der Waals surface area contributed by atoms with Gasteiger partial charge >= 0.3 is 5.97 Å². The Bertz CT molecular complexity index is 730. The number of carboxylic acid groups (broad SMARTS) is 1. The molecular weight excluding hydrogens is 300 g/mol. The van der Waals surface area contributed by atoms with Gasteiger partial charge in [-0.15, -0.1) is 0 Å². The largest absolute Gasteiger partial charge is 0.505 e. The van der Waals surface area contributed by atoms with Crippen LogP contribution in [0.15, 0.2) is 24.3 Å². The van der Waals surface area contributed by atoms with E-state index in [-0.39, 0.29) is 11.4 Å². The predicted molar refractivity (Wildman–Crippen MR) is 83.8 cm³/mol. The maximum atomic E-state index is 11.9. The minimum atomic E-state index is -1.18. The van der Waals surface area contributed by atoms with Crippen LogP contribution in [0, 0.1) is 0 Å². The Labute approximate surface area is 132 Å². The molecule has 0 bridgehead atoms. The number of benzene rings is 1. The maximum absolute atomic E-state index is 11.9. The van der Waals surface area contributed by atoms with Crippen LogP contribution in [0.5, 0.6) is 11.5 Å². The summed E-state index contributed by atoms with van der Waals surface area (Å²) in [6.07, 6.45) is 1.96. The van der Waals surface area contributed by atoms with E-state index in [0.717, 1.165) is 12.8 Å². The van der Waals surface area contributed by atoms with E-state index in [0.29, 0.717) is 23.3 Å². The third-order valence-electron chi connectivity index (χ3n) is 3.15. The van der Waals surface area contributed by atoms with Gasteiger partial charge in [0.15, 0.2) is 5.69 Å². The highest BCUT2D eigenvalue weighted by Gasteiger charge is 2.15. The number of aliphatic carboxylic acids is 1. The monoisotopic (exact) mass is 318 g/mol. The lowest BCUT2D eigenvalue weighted by Crippen LogP contribution is -2.29. The summed E-state index contributed by atoms with van der Waals surface area (Å²) in [5, 5.41) is 21.3. The number of unbranched alkanes of at least 4 members (excludes halogenated alkanes) is 1. The topological polar surface area (TPSA) is 109 Å². The lowest BCUT2D eigenvalue weighted by atomic mass is 10.1. The summed E-state index contributed by atoms with van der Waals surface area (Å²) in [7, 11) is 0. The molecule has 0 saturated heterocycles. The fraction of sp³-hybridized carbons (Fsp3) is 0.312. The SMILES string of the molecule is CCCCOc1ccc2cc(O)c(C(=O)NCC(=O)O)nc2c1. The number of carbonyl (C=O) groups is 2. The molecule has 0 fully saturated rings. The first-order valence-electron chi connectivity index (χ1n) is 7.28. The lowest BCUT2D eigenvalue weighted by molar-refractivity contribution is -0.135. The van der Waals surface area contributed by atoms with Crippen molar-refractivity contribution in [2.24, 2.45) is 0 Å². The van der Waals surface area contributed by atoms with Crippen molar-refractivity contribution in [1.29, 1.82) is 0 Å². The normalized spacial score (nSPS) is 10.5. The average Bonchev–Trinajstić information content (AvgIpc) is 2.52. The van der Waals surface area contributed by atoms with E-state index in [2.05, 4.69) is 17.2 Å². The van der Waals surface area contributed by atoms with Crippen LogP contribution in [0.25, 0.3) is 10.9 Å². The Morgan fingerprint density at radius 3 is 2.78 bits per heavy atom. The summed E-state index contributed by atoms with van der Waals surface area (Å²) in [5.41, 5.74) is 0.265. The first kappa shape index (κ1) is 16.5. The highest BCUT2D eigenvalue weighted by Crippen LogP contribution is 2.25. The van der Waals surface area contributed by atoms with Crippen LogP contribution < -0.4 is 10.1 Å². The molecule has 7 nitrogen and oxygen atoms in total. The number of carboxylic acids is 1. The second-order valence-corrected chi connectivity index (χ2v) is 4.99. The van der Waals surface area contributed by atoms with Gasteiger partial charge in [0.2, 0.25) is 0 Å². The Balaban J connectivity index is 2.26. The van der Waals surface area contributed by atoms with Crippen molar-refractivity contribution in [2.45, 2.75) is 19.8 Å². The summed E-state index contributed by atoms with van der Waals surface area (Å²) in [5.74, 6) is -1.60. The van der Waals surface area contributed by atoms with Crippen LogP contribution in [-0.2, 0) is 4.79 Å². The molecule has 0 unspecified atom stereocenters. The number of pyridine rings is 1. The Morgan fingerprint density at radius 2 is 2.09 bits per heavy atom. The van der Waals surface area contributed by atoms with Gasteiger partial charge in [0.1, 0.15) is 18.0 Å². The second kappa shape index (κ2) is 7.44. The molecule has 2 rings (SSSR count). The Hall–Kier alpha value is -2.83. The summed E-state index contributed by atoms with van der Waals surface area (Å²) in [6.45, 7) is 2.11. The molecule has 0 atom stereocenters. The molecule has 1 aromatic carbocycles. The molecule has 1 heterocycles. The molecule has 7 heteroatoms. The van der Waals surface area contributed by atoms with E-state index >= 15 is 0 Å². The molecule has 0 saturated carbocycles. The van der Waals surface area contributed by atoms with Crippen LogP contribution in [-0.4, -0.2) is 40.2 Å². The summed E-state index contributed by atoms with van der Waals surface area (Å²) < 4.78 is 5.58. The van der Waals surface area contributed by atoms with Gasteiger partial charge in [-0.1, -0.05) is 13.3 Å². The number of hydrogen-bond acceptors (Lipinski definition) is 5. The molecule has 23 heavy (non-hydrogen) atoms. The number of hydrogen-bond donors (Lipinski definition) is 3. The molecule has 0 radical (unpaired) electrons. The second-order valence-electron chi connectivity index (χ2n) is 4.99. The highest BCUT2D eigenvalue weighted by atomic mass is 16.5. The highest BCUT2D eigenvalue weighted by molar-refractivity contribution is 5.99. The summed E-state index contributed by atoms with van der Waals surface area (Å²) in [4.78, 5) is 26.5. The van der Waals surface area contributed by atoms with Crippen molar-refractivity contribution in [3.63, 3.8) is 0 Å². The minimum Gasteiger partial charge on any atom is -0.505 e. The van der Waals surface area contributed by atoms with Gasteiger partial charge in [-0.3, -0.25) is 9.59 Å². The predicted octanol–water partition coefficient (Wildman–Crippen LogP) is 1.93. The number of aromatic hydroxyl groups is 1. The molecule has 122 valence electrons. The molecular formula is C16H18N2O5. The fourth-order valence-electron chi connectivity index (χ4n) is 1.97. The van der Waals surface area contributed by atoms with E-state index < -0.39 is 18.4 Å². The first-order chi connectivity index (χ1) is 11.0. The van der Waals surface area contributed by atoms with Crippen LogP contribution in [0.1, 0.15) is 30.3 Å². The van der Waals surface area contributed by atoms with Gasteiger partial charge < -0.3 is 20.3 Å². The zero-order valence-corrected chi connectivity index (χ0v) is 12.7. The van der Waals surface area contributed by atoms with Crippen LogP contribution in [0.3, 0.4) is 0 Å². The zero-order valence-electron chi connectivity index (χ0n) is 12.7. The zero-order chi connectivity index (χ0) is 16.8. The Morgan fingerprint density at radius 1 is 1.30 bits per heavy atom. The fourth-order valence-corrected chi connectivity index (χ4v) is 1.97. The number of ether oxygens (including phenoxy) is 1. The molecule has 0 aliphatic carbocycles. The van der Waals surface area contributed by atoms with Gasteiger partial charge in [-0.05, 0) is 24.6 Å². The van der Waals surface area contributed by atoms with Crippen LogP contribution >= 0.6 is 0 Å². The van der Waals surface area contributed by atoms with Crippen molar-refractivity contribution in [2.75, 3.05) is 13.2 Å². The van der Waals surface area contributed by atoms with Gasteiger partial charge in [0, 0.05) is 11.5 Å². The third kappa shape index (κ3) is 4.32. The van der Waals surface area contributed by atoms with Gasteiger partial charge in [0.05, 0.1) is 12.1 Å². The summed E-state index contributed by atoms with van der Waals surface area (Å²) >= 11 is 0. The van der Waals surface area contributed by atoms with Gasteiger partial charge in [0.25, 0.3) is 5.91 Å². The number of amides is 1. The molecule has 1 aromatic heterocycles. The van der Waals surface area contributed by atoms with Gasteiger partial charge in [-0.2, -0.15) is 0 Å². The van der Waals surface area contributed by atoms with E-state index in [1.807, 2.05) is 0 Å². The van der Waals surface area contributed by atoms with Crippen molar-refractivity contribution in [1.82, 2.24) is 10.3 Å². The van der Waals surface area contributed by atoms with Crippen molar-refractivity contribution in [3.8, 4) is 11.5 Å². The van der Waals surface area contributed by atoms with Crippen molar-refractivity contribution >= 4 is 22.8 Å². The number of fused-ring (bicyclic) bond motifs is 1. The Kier molecular flexibility index (Phi) is 5.35. The maximum Gasteiger partial charge on any atom is 0.322 e. The number of rotatable bonds is 7. The number of aromatic nitrogens is 1. The molecule has 1 amide bonds. The number of nitrogens with zero attached hydrogens (tertiary/aromatic N) is 1. The van der Waals surface area contributed by atoms with E-state index in [4.69, 9.17) is 9.84 Å². The third-order valence-corrected chi connectivity index (χ3v) is 3.15. The smallest absolute Gasteiger partial charge is 0.322 e.